The fraction of sp³-hybridized carbons (Fsp3) is 0.333. The van der Waals surface area contributed by atoms with Crippen molar-refractivity contribution in [3.63, 3.8) is 0 Å². The van der Waals surface area contributed by atoms with Crippen LogP contribution < -0.4 is 5.32 Å². The van der Waals surface area contributed by atoms with E-state index < -0.39 is 23.4 Å². The number of rotatable bonds is 10. The van der Waals surface area contributed by atoms with Crippen molar-refractivity contribution in [2.24, 2.45) is 0 Å². The molecule has 2 aliphatic rings. The zero-order chi connectivity index (χ0) is 46.7. The van der Waals surface area contributed by atoms with Crippen molar-refractivity contribution in [2.75, 3.05) is 33.2 Å². The van der Waals surface area contributed by atoms with Gasteiger partial charge in [-0.15, -0.1) is 0 Å². The van der Waals surface area contributed by atoms with Crippen molar-refractivity contribution in [3.8, 4) is 0 Å². The predicted molar refractivity (Wildman–Crippen MR) is 243 cm³/mol. The lowest BCUT2D eigenvalue weighted by Crippen LogP contribution is -2.57. The van der Waals surface area contributed by atoms with Crippen LogP contribution in [0.5, 0.6) is 0 Å². The summed E-state index contributed by atoms with van der Waals surface area (Å²) in [6, 6.07) is 19.4. The Morgan fingerprint density at radius 2 is 1.00 bits per heavy atom. The highest BCUT2D eigenvalue weighted by Gasteiger charge is 2.35. The van der Waals surface area contributed by atoms with Crippen LogP contribution in [0.1, 0.15) is 87.9 Å². The minimum absolute atomic E-state index is 0. The Morgan fingerprint density at radius 3 is 1.38 bits per heavy atom. The van der Waals surface area contributed by atoms with E-state index in [9.17, 15) is 37.5 Å². The number of aromatic nitrogens is 4. The SMILES string of the molecule is C.CNC(=O)C(=O)c1c[nH]c2ccc(C(=O)N3C[C@H](C)N(Cc4ccc(F)cc4)C[C@H]3C)nc12.C[C@@H]1CN(Cc2ccc(F)cc2)[C@@H](C)CN1C(=O)c1ccc2[nH]cc(C(=O)C(=O)O)c2n1. The first-order valence-corrected chi connectivity index (χ1v) is 21.1. The van der Waals surface area contributed by atoms with Crippen molar-refractivity contribution >= 4 is 57.3 Å². The maximum absolute atomic E-state index is 13.3. The van der Waals surface area contributed by atoms with Crippen LogP contribution in [0.4, 0.5) is 8.78 Å². The average Bonchev–Trinajstić information content (AvgIpc) is 3.93. The second kappa shape index (κ2) is 20.3. The fourth-order valence-corrected chi connectivity index (χ4v) is 8.28. The zero-order valence-corrected chi connectivity index (χ0v) is 36.5. The molecule has 0 bridgehead atoms. The van der Waals surface area contributed by atoms with Crippen LogP contribution in [0.15, 0.2) is 85.2 Å². The minimum Gasteiger partial charge on any atom is -0.475 e. The lowest BCUT2D eigenvalue weighted by atomic mass is 10.1. The number of halogens is 2. The van der Waals surface area contributed by atoms with E-state index in [1.54, 1.807) is 58.3 Å². The molecule has 16 nitrogen and oxygen atoms in total. The number of pyridine rings is 2. The molecule has 4 N–H and O–H groups in total. The average molecular weight is 906 g/mol. The summed E-state index contributed by atoms with van der Waals surface area (Å²) in [5.41, 5.74) is 3.97. The molecule has 4 aromatic heterocycles. The molecule has 346 valence electrons. The van der Waals surface area contributed by atoms with Crippen LogP contribution in [0, 0.1) is 11.6 Å². The van der Waals surface area contributed by atoms with Gasteiger partial charge in [-0.2, -0.15) is 0 Å². The van der Waals surface area contributed by atoms with E-state index in [1.807, 2.05) is 20.8 Å². The summed E-state index contributed by atoms with van der Waals surface area (Å²) < 4.78 is 26.4. The Kier molecular flexibility index (Phi) is 14.9. The summed E-state index contributed by atoms with van der Waals surface area (Å²) in [5.74, 6) is -5.14. The third-order valence-electron chi connectivity index (χ3n) is 11.9. The highest BCUT2D eigenvalue weighted by molar-refractivity contribution is 6.44. The molecule has 2 fully saturated rings. The first-order valence-electron chi connectivity index (χ1n) is 21.1. The summed E-state index contributed by atoms with van der Waals surface area (Å²) in [5, 5.41) is 11.3. The van der Waals surface area contributed by atoms with Crippen LogP contribution in [0.25, 0.3) is 22.1 Å². The number of carbonyl (C=O) groups is 6. The Hall–Kier alpha value is -7.18. The number of amides is 3. The number of carbonyl (C=O) groups excluding carboxylic acids is 5. The third-order valence-corrected chi connectivity index (χ3v) is 11.9. The van der Waals surface area contributed by atoms with E-state index in [-0.39, 0.29) is 83.1 Å². The summed E-state index contributed by atoms with van der Waals surface area (Å²) in [7, 11) is 1.38. The van der Waals surface area contributed by atoms with Crippen molar-refractivity contribution in [3.05, 3.63) is 130 Å². The van der Waals surface area contributed by atoms with E-state index in [0.717, 1.165) is 11.1 Å². The minimum atomic E-state index is -1.58. The Bertz CT molecular complexity index is 2770. The summed E-state index contributed by atoms with van der Waals surface area (Å²) >= 11 is 0. The maximum Gasteiger partial charge on any atom is 0.377 e. The van der Waals surface area contributed by atoms with Crippen molar-refractivity contribution in [1.29, 1.82) is 0 Å². The lowest BCUT2D eigenvalue weighted by Gasteiger charge is -2.44. The van der Waals surface area contributed by atoms with Crippen LogP contribution >= 0.6 is 0 Å². The van der Waals surface area contributed by atoms with Crippen LogP contribution in [-0.2, 0) is 22.7 Å². The van der Waals surface area contributed by atoms with Gasteiger partial charge in [-0.05, 0) is 87.4 Å². The van der Waals surface area contributed by atoms with E-state index in [4.69, 9.17) is 5.11 Å². The van der Waals surface area contributed by atoms with Gasteiger partial charge >= 0.3 is 5.97 Å². The zero-order valence-electron chi connectivity index (χ0n) is 36.5. The van der Waals surface area contributed by atoms with E-state index in [0.29, 0.717) is 55.8 Å². The van der Waals surface area contributed by atoms with E-state index in [1.165, 1.54) is 43.7 Å². The highest BCUT2D eigenvalue weighted by atomic mass is 19.1. The molecule has 18 heteroatoms. The summed E-state index contributed by atoms with van der Waals surface area (Å²) in [6.07, 6.45) is 2.73. The standard InChI is InChI=1S/C24H26FN5O3.C23H23FN4O4.CH4/c1-14-12-30(15(2)11-29(14)13-16-4-6-17(25)7-5-16)24(33)20-9-8-19-21(28-20)18(10-27-19)22(31)23(32)26-3;1-13-11-28(14(2)10-27(13)12-15-3-5-16(24)6-4-15)22(30)19-8-7-18-20(26-19)17(9-25-18)21(29)23(31)32;/h4-10,14-15,27H,11-13H2,1-3H3,(H,26,32);3-9,13-14,25H,10-12H2,1-2H3,(H,31,32);1H4/t14-,15+;13-,14+;/m00./s1. The first-order chi connectivity index (χ1) is 31.0. The number of hydrogen-bond acceptors (Lipinski definition) is 10. The van der Waals surface area contributed by atoms with Crippen LogP contribution in [0.2, 0.25) is 0 Å². The number of carboxylic acid groups (broad SMARTS) is 1. The summed E-state index contributed by atoms with van der Waals surface area (Å²) in [6.45, 7) is 11.6. The molecule has 0 aliphatic carbocycles. The number of likely N-dealkylation sites (N-methyl/N-ethyl adjacent to an activating group) is 1. The topological polar surface area (TPSA) is 205 Å². The Balaban J connectivity index is 0.000000215. The molecule has 2 saturated heterocycles. The lowest BCUT2D eigenvalue weighted by molar-refractivity contribution is -0.131. The normalized spacial score (nSPS) is 18.8. The number of benzene rings is 2. The molecule has 2 aliphatic heterocycles. The van der Waals surface area contributed by atoms with Gasteiger partial charge in [0.2, 0.25) is 0 Å². The summed E-state index contributed by atoms with van der Waals surface area (Å²) in [4.78, 5) is 96.2. The Labute approximate surface area is 380 Å². The van der Waals surface area contributed by atoms with Gasteiger partial charge in [0.05, 0.1) is 22.2 Å². The molecular formula is C48H53F2N9O7. The van der Waals surface area contributed by atoms with Gasteiger partial charge in [0.1, 0.15) is 34.1 Å². The number of Topliss-reactive ketones (excluding diaryl/α,β-unsaturated/α-hetero) is 2. The third kappa shape index (κ3) is 10.3. The molecular weight excluding hydrogens is 853 g/mol. The molecule has 6 aromatic rings. The first kappa shape index (κ1) is 48.3. The van der Waals surface area contributed by atoms with Gasteiger partial charge in [0.25, 0.3) is 29.3 Å². The van der Waals surface area contributed by atoms with Gasteiger partial charge < -0.3 is 30.2 Å². The van der Waals surface area contributed by atoms with Crippen LogP contribution in [0.3, 0.4) is 0 Å². The molecule has 2 aromatic carbocycles. The van der Waals surface area contributed by atoms with E-state index >= 15 is 0 Å². The molecule has 0 unspecified atom stereocenters. The molecule has 0 spiro atoms. The number of ketones is 2. The van der Waals surface area contributed by atoms with Crippen molar-refractivity contribution in [1.82, 2.24) is 44.9 Å². The predicted octanol–water partition coefficient (Wildman–Crippen LogP) is 5.71. The molecule has 8 rings (SSSR count). The van der Waals surface area contributed by atoms with Gasteiger partial charge in [-0.3, -0.25) is 33.8 Å². The second-order valence-electron chi connectivity index (χ2n) is 16.6. The largest absolute Gasteiger partial charge is 0.475 e. The Morgan fingerprint density at radius 1 is 0.606 bits per heavy atom. The molecule has 6 heterocycles. The van der Waals surface area contributed by atoms with Gasteiger partial charge in [-0.1, -0.05) is 31.7 Å². The maximum atomic E-state index is 13.3. The fourth-order valence-electron chi connectivity index (χ4n) is 8.28. The number of nitrogens with zero attached hydrogens (tertiary/aromatic N) is 6. The number of aliphatic carboxylic acids is 1. The highest BCUT2D eigenvalue weighted by Crippen LogP contribution is 2.25. The number of fused-ring (bicyclic) bond motifs is 2. The van der Waals surface area contributed by atoms with Crippen molar-refractivity contribution in [2.45, 2.75) is 72.4 Å². The molecule has 0 radical (unpaired) electrons. The number of H-pyrrole nitrogens is 2. The number of hydrogen-bond donors (Lipinski definition) is 4. The number of carboxylic acids is 1. The smallest absolute Gasteiger partial charge is 0.377 e. The van der Waals surface area contributed by atoms with E-state index in [2.05, 4.69) is 42.0 Å². The molecule has 3 amide bonds. The number of nitrogens with one attached hydrogen (secondary N) is 3. The van der Waals surface area contributed by atoms with Crippen molar-refractivity contribution < 1.29 is 42.7 Å². The van der Waals surface area contributed by atoms with Gasteiger partial charge in [0.15, 0.2) is 0 Å². The quantitative estimate of drug-likeness (QED) is 0.0969. The number of aromatic amines is 2. The second-order valence-corrected chi connectivity index (χ2v) is 16.6. The molecule has 0 saturated carbocycles. The van der Waals surface area contributed by atoms with Gasteiger partial charge in [0, 0.05) is 82.9 Å². The van der Waals surface area contributed by atoms with Crippen LogP contribution in [-0.4, -0.2) is 137 Å². The number of piperazine rings is 2. The molecule has 4 atom stereocenters. The van der Waals surface area contributed by atoms with Gasteiger partial charge in [-0.25, -0.2) is 23.5 Å². The monoisotopic (exact) mass is 905 g/mol. The molecule has 66 heavy (non-hydrogen) atoms.